The summed E-state index contributed by atoms with van der Waals surface area (Å²) in [5, 5.41) is 0. The molecule has 1 aromatic carbocycles. The molecule has 0 aliphatic rings. The van der Waals surface area contributed by atoms with Gasteiger partial charge in [-0.05, 0) is 6.07 Å². The van der Waals surface area contributed by atoms with Crippen LogP contribution in [-0.4, -0.2) is 7.85 Å². The van der Waals surface area contributed by atoms with E-state index in [1.54, 1.807) is 12.1 Å². The van der Waals surface area contributed by atoms with Crippen LogP contribution in [-0.2, 0) is 0 Å². The van der Waals surface area contributed by atoms with Gasteiger partial charge in [0.1, 0.15) is 7.85 Å². The lowest BCUT2D eigenvalue weighted by atomic mass is 9.95. The van der Waals surface area contributed by atoms with Gasteiger partial charge in [-0.3, -0.25) is 0 Å². The fourth-order valence-corrected chi connectivity index (χ4v) is 0.628. The van der Waals surface area contributed by atoms with Crippen molar-refractivity contribution in [2.45, 2.75) is 0 Å². The Labute approximate surface area is 56.3 Å². The van der Waals surface area contributed by atoms with Crippen molar-refractivity contribution in [2.75, 3.05) is 0 Å². The SMILES string of the molecule is [B]c1cccc(C#C)c1. The minimum atomic E-state index is 0.713. The van der Waals surface area contributed by atoms with E-state index >= 15 is 0 Å². The predicted octanol–water partition coefficient (Wildman–Crippen LogP) is 0.462. The van der Waals surface area contributed by atoms with Gasteiger partial charge in [0.15, 0.2) is 0 Å². The van der Waals surface area contributed by atoms with Crippen molar-refractivity contribution in [3.05, 3.63) is 29.8 Å². The van der Waals surface area contributed by atoms with E-state index in [9.17, 15) is 0 Å². The first-order valence-electron chi connectivity index (χ1n) is 2.65. The summed E-state index contributed by atoms with van der Waals surface area (Å²) in [5.74, 6) is 2.49. The zero-order chi connectivity index (χ0) is 6.69. The molecule has 1 rings (SSSR count). The van der Waals surface area contributed by atoms with Gasteiger partial charge in [-0.1, -0.05) is 29.6 Å². The van der Waals surface area contributed by atoms with Crippen molar-refractivity contribution in [1.82, 2.24) is 0 Å². The molecule has 0 aromatic heterocycles. The van der Waals surface area contributed by atoms with Crippen LogP contribution in [0.3, 0.4) is 0 Å². The molecule has 0 fully saturated rings. The van der Waals surface area contributed by atoms with E-state index in [0.717, 1.165) is 5.56 Å². The van der Waals surface area contributed by atoms with Crippen LogP contribution < -0.4 is 5.46 Å². The molecule has 0 unspecified atom stereocenters. The summed E-state index contributed by atoms with van der Waals surface area (Å²) >= 11 is 0. The number of hydrogen-bond donors (Lipinski definition) is 0. The molecule has 1 heteroatoms. The molecular weight excluding hydrogens is 107 g/mol. The van der Waals surface area contributed by atoms with Crippen molar-refractivity contribution < 1.29 is 0 Å². The van der Waals surface area contributed by atoms with Crippen LogP contribution in [0.1, 0.15) is 5.56 Å². The third-order valence-corrected chi connectivity index (χ3v) is 1.05. The minimum absolute atomic E-state index is 0.713. The van der Waals surface area contributed by atoms with Crippen LogP contribution >= 0.6 is 0 Å². The Morgan fingerprint density at radius 2 is 2.22 bits per heavy atom. The highest BCUT2D eigenvalue weighted by Gasteiger charge is 1.83. The molecule has 0 heterocycles. The molecule has 9 heavy (non-hydrogen) atoms. The van der Waals surface area contributed by atoms with Gasteiger partial charge in [0.2, 0.25) is 0 Å². The van der Waals surface area contributed by atoms with E-state index < -0.39 is 0 Å². The predicted molar refractivity (Wildman–Crippen MR) is 39.8 cm³/mol. The molecule has 0 nitrogen and oxygen atoms in total. The van der Waals surface area contributed by atoms with Crippen molar-refractivity contribution in [2.24, 2.45) is 0 Å². The Morgan fingerprint density at radius 1 is 1.44 bits per heavy atom. The quantitative estimate of drug-likeness (QED) is 0.338. The Balaban J connectivity index is 3.12. The van der Waals surface area contributed by atoms with E-state index in [2.05, 4.69) is 5.92 Å². The highest BCUT2D eigenvalue weighted by Crippen LogP contribution is 1.90. The summed E-state index contributed by atoms with van der Waals surface area (Å²) < 4.78 is 0. The van der Waals surface area contributed by atoms with Crippen LogP contribution in [0.5, 0.6) is 0 Å². The monoisotopic (exact) mass is 112 g/mol. The van der Waals surface area contributed by atoms with Crippen molar-refractivity contribution in [3.8, 4) is 12.3 Å². The molecule has 0 spiro atoms. The minimum Gasteiger partial charge on any atom is -0.115 e. The summed E-state index contributed by atoms with van der Waals surface area (Å²) in [7, 11) is 5.44. The third kappa shape index (κ3) is 1.37. The average molecular weight is 112 g/mol. The van der Waals surface area contributed by atoms with Gasteiger partial charge in [-0.2, -0.15) is 0 Å². The Hall–Kier alpha value is -1.16. The smallest absolute Gasteiger partial charge is 0.113 e. The summed E-state index contributed by atoms with van der Waals surface area (Å²) in [6.45, 7) is 0. The standard InChI is InChI=1S/C8H5B/c1-2-7-4-3-5-8(9)6-7/h1,3-6H. The summed E-state index contributed by atoms with van der Waals surface area (Å²) in [4.78, 5) is 0. The summed E-state index contributed by atoms with van der Waals surface area (Å²) in [5.41, 5.74) is 1.54. The normalized spacial score (nSPS) is 8.33. The maximum atomic E-state index is 5.44. The lowest BCUT2D eigenvalue weighted by Crippen LogP contribution is -2.00. The second kappa shape index (κ2) is 2.41. The molecule has 0 N–H and O–H groups in total. The molecule has 0 amide bonds. The Bertz CT molecular complexity index is 245. The lowest BCUT2D eigenvalue weighted by molar-refractivity contribution is 1.70. The fourth-order valence-electron chi connectivity index (χ4n) is 0.628. The van der Waals surface area contributed by atoms with Crippen LogP contribution in [0, 0.1) is 12.3 Å². The van der Waals surface area contributed by atoms with Gasteiger partial charge < -0.3 is 0 Å². The van der Waals surface area contributed by atoms with E-state index in [-0.39, 0.29) is 0 Å². The maximum absolute atomic E-state index is 5.44. The molecule has 0 atom stereocenters. The number of hydrogen-bond acceptors (Lipinski definition) is 0. The van der Waals surface area contributed by atoms with Crippen LogP contribution in [0.2, 0.25) is 0 Å². The van der Waals surface area contributed by atoms with E-state index in [1.807, 2.05) is 12.1 Å². The first kappa shape index (κ1) is 5.97. The van der Waals surface area contributed by atoms with Crippen molar-refractivity contribution in [3.63, 3.8) is 0 Å². The molecule has 40 valence electrons. The largest absolute Gasteiger partial charge is 0.115 e. The van der Waals surface area contributed by atoms with Crippen LogP contribution in [0.15, 0.2) is 24.3 Å². The number of terminal acetylenes is 1. The van der Waals surface area contributed by atoms with Gasteiger partial charge >= 0.3 is 0 Å². The number of benzene rings is 1. The van der Waals surface area contributed by atoms with Gasteiger partial charge in [0.25, 0.3) is 0 Å². The van der Waals surface area contributed by atoms with Crippen molar-refractivity contribution in [1.29, 1.82) is 0 Å². The van der Waals surface area contributed by atoms with Gasteiger partial charge in [-0.25, -0.2) is 0 Å². The van der Waals surface area contributed by atoms with Crippen molar-refractivity contribution >= 4 is 13.3 Å². The van der Waals surface area contributed by atoms with E-state index in [0.29, 0.717) is 5.46 Å². The van der Waals surface area contributed by atoms with Crippen LogP contribution in [0.4, 0.5) is 0 Å². The van der Waals surface area contributed by atoms with Crippen LogP contribution in [0.25, 0.3) is 0 Å². The summed E-state index contributed by atoms with van der Waals surface area (Å²) in [6, 6.07) is 7.25. The molecule has 0 aliphatic carbocycles. The highest BCUT2D eigenvalue weighted by atomic mass is 13.8. The second-order valence-corrected chi connectivity index (χ2v) is 1.77. The zero-order valence-corrected chi connectivity index (χ0v) is 4.96. The van der Waals surface area contributed by atoms with E-state index in [4.69, 9.17) is 14.3 Å². The molecule has 0 bridgehead atoms. The first-order valence-corrected chi connectivity index (χ1v) is 2.65. The number of rotatable bonds is 0. The Kier molecular flexibility index (Phi) is 1.60. The lowest BCUT2D eigenvalue weighted by Gasteiger charge is -1.90. The zero-order valence-electron chi connectivity index (χ0n) is 4.96. The molecule has 2 radical (unpaired) electrons. The molecule has 0 saturated carbocycles. The van der Waals surface area contributed by atoms with E-state index in [1.165, 1.54) is 0 Å². The molecule has 0 saturated heterocycles. The fraction of sp³-hybridized carbons (Fsp3) is 0. The van der Waals surface area contributed by atoms with Gasteiger partial charge in [0, 0.05) is 5.56 Å². The molecular formula is C8H5B. The second-order valence-electron chi connectivity index (χ2n) is 1.77. The topological polar surface area (TPSA) is 0 Å². The highest BCUT2D eigenvalue weighted by molar-refractivity contribution is 6.32. The average Bonchev–Trinajstić information content (AvgIpc) is 1.88. The molecule has 1 aromatic rings. The molecule has 0 aliphatic heterocycles. The van der Waals surface area contributed by atoms with Gasteiger partial charge in [-0.15, -0.1) is 6.42 Å². The third-order valence-electron chi connectivity index (χ3n) is 1.05. The first-order chi connectivity index (χ1) is 4.33. The Morgan fingerprint density at radius 3 is 2.67 bits per heavy atom. The summed E-state index contributed by atoms with van der Waals surface area (Å²) in [6.07, 6.45) is 5.11. The van der Waals surface area contributed by atoms with Gasteiger partial charge in [0.05, 0.1) is 0 Å². The maximum Gasteiger partial charge on any atom is 0.113 e.